The molecule has 1 aromatic carbocycles. The van der Waals surface area contributed by atoms with Crippen LogP contribution in [0.5, 0.6) is 0 Å². The van der Waals surface area contributed by atoms with Gasteiger partial charge in [-0.25, -0.2) is 10.6 Å². The van der Waals surface area contributed by atoms with Crippen LogP contribution in [-0.2, 0) is 4.74 Å². The van der Waals surface area contributed by atoms with Crippen molar-refractivity contribution in [1.29, 1.82) is 0 Å². The number of carbonyl (C=O) groups is 1. The lowest BCUT2D eigenvalue weighted by molar-refractivity contribution is 0.0636. The van der Waals surface area contributed by atoms with Crippen LogP contribution in [0.4, 0.5) is 16.2 Å². The molecule has 19 heavy (non-hydrogen) atoms. The van der Waals surface area contributed by atoms with Gasteiger partial charge in [-0.15, -0.1) is 0 Å². The van der Waals surface area contributed by atoms with Crippen molar-refractivity contribution in [3.05, 3.63) is 36.7 Å². The minimum absolute atomic E-state index is 0.494. The van der Waals surface area contributed by atoms with Crippen LogP contribution in [0, 0.1) is 0 Å². The highest BCUT2D eigenvalue weighted by atomic mass is 16.6. The van der Waals surface area contributed by atoms with E-state index in [0.717, 1.165) is 5.69 Å². The first kappa shape index (κ1) is 14.8. The Balaban J connectivity index is 2.64. The third kappa shape index (κ3) is 5.31. The molecule has 0 aromatic heterocycles. The zero-order chi connectivity index (χ0) is 14.5. The van der Waals surface area contributed by atoms with Crippen LogP contribution in [0.3, 0.4) is 0 Å². The lowest BCUT2D eigenvalue weighted by Gasteiger charge is -2.20. The molecular formula is C13H20N4O2. The molecule has 1 aromatic rings. The van der Waals surface area contributed by atoms with Crippen LogP contribution in [-0.4, -0.2) is 11.7 Å². The quantitative estimate of drug-likeness (QED) is 0.574. The average molecular weight is 264 g/mol. The molecule has 6 heteroatoms. The Morgan fingerprint density at radius 1 is 1.32 bits per heavy atom. The molecule has 1 rings (SSSR count). The van der Waals surface area contributed by atoms with Crippen molar-refractivity contribution in [2.24, 2.45) is 11.6 Å². The molecule has 0 fully saturated rings. The fraction of sp³-hybridized carbons (Fsp3) is 0.308. The molecule has 0 bridgehead atoms. The summed E-state index contributed by atoms with van der Waals surface area (Å²) in [6.07, 6.45) is 2.37. The van der Waals surface area contributed by atoms with E-state index in [1.807, 2.05) is 0 Å². The number of ether oxygens (including phenoxy) is 1. The van der Waals surface area contributed by atoms with Crippen LogP contribution >= 0.6 is 0 Å². The SMILES string of the molecule is CC(C)(C)OC(=O)Nc1ccc(N(N)/C=C\N)cc1. The molecular weight excluding hydrogens is 244 g/mol. The molecule has 0 saturated heterocycles. The summed E-state index contributed by atoms with van der Waals surface area (Å²) in [6, 6.07) is 6.96. The fourth-order valence-corrected chi connectivity index (χ4v) is 1.32. The minimum Gasteiger partial charge on any atom is -0.444 e. The zero-order valence-electron chi connectivity index (χ0n) is 11.4. The Morgan fingerprint density at radius 2 is 1.89 bits per heavy atom. The molecule has 0 unspecified atom stereocenters. The zero-order valence-corrected chi connectivity index (χ0v) is 11.4. The molecule has 0 saturated carbocycles. The maximum Gasteiger partial charge on any atom is 0.412 e. The first-order valence-corrected chi connectivity index (χ1v) is 5.84. The van der Waals surface area contributed by atoms with Gasteiger partial charge in [-0.2, -0.15) is 0 Å². The van der Waals surface area contributed by atoms with E-state index in [9.17, 15) is 4.79 Å². The van der Waals surface area contributed by atoms with E-state index < -0.39 is 11.7 Å². The highest BCUT2D eigenvalue weighted by molar-refractivity contribution is 5.85. The Kier molecular flexibility index (Phi) is 4.77. The van der Waals surface area contributed by atoms with Gasteiger partial charge in [-0.1, -0.05) is 0 Å². The summed E-state index contributed by atoms with van der Waals surface area (Å²) in [4.78, 5) is 11.6. The Hall–Kier alpha value is -2.21. The third-order valence-corrected chi connectivity index (χ3v) is 2.06. The highest BCUT2D eigenvalue weighted by Crippen LogP contribution is 2.17. The van der Waals surface area contributed by atoms with Crippen LogP contribution in [0.25, 0.3) is 0 Å². The van der Waals surface area contributed by atoms with E-state index in [0.29, 0.717) is 5.69 Å². The van der Waals surface area contributed by atoms with Gasteiger partial charge in [-0.05, 0) is 45.0 Å². The number of nitrogens with two attached hydrogens (primary N) is 2. The topological polar surface area (TPSA) is 93.6 Å². The standard InChI is InChI=1S/C13H20N4O2/c1-13(2,3)19-12(18)16-10-4-6-11(7-5-10)17(15)9-8-14/h4-9H,14-15H2,1-3H3,(H,16,18)/b9-8-. The van der Waals surface area contributed by atoms with E-state index in [1.54, 1.807) is 45.0 Å². The van der Waals surface area contributed by atoms with Crippen molar-refractivity contribution in [3.8, 4) is 0 Å². The van der Waals surface area contributed by atoms with Crippen molar-refractivity contribution >= 4 is 17.5 Å². The van der Waals surface area contributed by atoms with Crippen molar-refractivity contribution in [2.75, 3.05) is 10.3 Å². The smallest absolute Gasteiger partial charge is 0.412 e. The van der Waals surface area contributed by atoms with Gasteiger partial charge in [0.1, 0.15) is 5.60 Å². The highest BCUT2D eigenvalue weighted by Gasteiger charge is 2.16. The van der Waals surface area contributed by atoms with Gasteiger partial charge in [0.25, 0.3) is 0 Å². The number of nitrogens with one attached hydrogen (secondary N) is 1. The second-order valence-electron chi connectivity index (χ2n) is 4.92. The number of nitrogens with zero attached hydrogens (tertiary/aromatic N) is 1. The molecule has 0 aliphatic rings. The van der Waals surface area contributed by atoms with Crippen molar-refractivity contribution in [1.82, 2.24) is 0 Å². The second-order valence-corrected chi connectivity index (χ2v) is 4.92. The number of carbonyl (C=O) groups excluding carboxylic acids is 1. The largest absolute Gasteiger partial charge is 0.444 e. The molecule has 0 heterocycles. The summed E-state index contributed by atoms with van der Waals surface area (Å²) in [5.74, 6) is 5.69. The van der Waals surface area contributed by atoms with Gasteiger partial charge in [0, 0.05) is 18.1 Å². The number of rotatable bonds is 3. The number of hydrazine groups is 1. The molecule has 6 nitrogen and oxygen atoms in total. The molecule has 0 aliphatic heterocycles. The molecule has 0 radical (unpaired) electrons. The van der Waals surface area contributed by atoms with Crippen LogP contribution in [0.15, 0.2) is 36.7 Å². The van der Waals surface area contributed by atoms with Gasteiger partial charge < -0.3 is 10.5 Å². The summed E-state index contributed by atoms with van der Waals surface area (Å²) < 4.78 is 5.15. The number of hydrogen-bond acceptors (Lipinski definition) is 5. The summed E-state index contributed by atoms with van der Waals surface area (Å²) in [7, 11) is 0. The second kappa shape index (κ2) is 6.10. The Morgan fingerprint density at radius 3 is 2.37 bits per heavy atom. The number of benzene rings is 1. The predicted molar refractivity (Wildman–Crippen MR) is 76.3 cm³/mol. The van der Waals surface area contributed by atoms with E-state index in [1.165, 1.54) is 17.4 Å². The number of amides is 1. The van der Waals surface area contributed by atoms with Gasteiger partial charge in [-0.3, -0.25) is 10.3 Å². The summed E-state index contributed by atoms with van der Waals surface area (Å²) in [5.41, 5.74) is 6.10. The van der Waals surface area contributed by atoms with E-state index in [4.69, 9.17) is 16.3 Å². The minimum atomic E-state index is -0.524. The fourth-order valence-electron chi connectivity index (χ4n) is 1.32. The van der Waals surface area contributed by atoms with Crippen molar-refractivity contribution in [2.45, 2.75) is 26.4 Å². The number of hydrogen-bond donors (Lipinski definition) is 3. The van der Waals surface area contributed by atoms with Gasteiger partial charge in [0.2, 0.25) is 0 Å². The van der Waals surface area contributed by atoms with Gasteiger partial charge in [0.15, 0.2) is 0 Å². The Labute approximate surface area is 113 Å². The lowest BCUT2D eigenvalue weighted by Crippen LogP contribution is -2.27. The van der Waals surface area contributed by atoms with E-state index in [2.05, 4.69) is 5.32 Å². The molecule has 0 spiro atoms. The molecule has 1 amide bonds. The van der Waals surface area contributed by atoms with Gasteiger partial charge >= 0.3 is 6.09 Å². The van der Waals surface area contributed by atoms with E-state index in [-0.39, 0.29) is 0 Å². The molecule has 0 atom stereocenters. The normalized spacial score (nSPS) is 11.4. The first-order valence-electron chi connectivity index (χ1n) is 5.84. The molecule has 104 valence electrons. The maximum atomic E-state index is 11.6. The predicted octanol–water partition coefficient (Wildman–Crippen LogP) is 2.14. The van der Waals surface area contributed by atoms with Gasteiger partial charge in [0.05, 0.1) is 5.69 Å². The molecule has 0 aliphatic carbocycles. The Bertz CT molecular complexity index is 449. The third-order valence-electron chi connectivity index (χ3n) is 2.06. The van der Waals surface area contributed by atoms with Crippen molar-refractivity contribution in [3.63, 3.8) is 0 Å². The van der Waals surface area contributed by atoms with Crippen LogP contribution in [0.2, 0.25) is 0 Å². The lowest BCUT2D eigenvalue weighted by atomic mass is 10.2. The average Bonchev–Trinajstić information content (AvgIpc) is 2.27. The molecule has 5 N–H and O–H groups in total. The summed E-state index contributed by atoms with van der Waals surface area (Å²) in [5, 5.41) is 4.01. The van der Waals surface area contributed by atoms with Crippen molar-refractivity contribution < 1.29 is 9.53 Å². The summed E-state index contributed by atoms with van der Waals surface area (Å²) >= 11 is 0. The van der Waals surface area contributed by atoms with Crippen LogP contribution < -0.4 is 21.9 Å². The first-order chi connectivity index (χ1) is 8.81. The monoisotopic (exact) mass is 264 g/mol. The summed E-state index contributed by atoms with van der Waals surface area (Å²) in [6.45, 7) is 5.42. The van der Waals surface area contributed by atoms with Crippen LogP contribution in [0.1, 0.15) is 20.8 Å². The number of anilines is 2. The van der Waals surface area contributed by atoms with E-state index >= 15 is 0 Å². The maximum absolute atomic E-state index is 11.6.